The number of amides is 1. The first-order valence-corrected chi connectivity index (χ1v) is 11.3. The molecule has 0 aliphatic heterocycles. The summed E-state index contributed by atoms with van der Waals surface area (Å²) in [4.78, 5) is 24.2. The van der Waals surface area contributed by atoms with Crippen molar-refractivity contribution in [3.63, 3.8) is 0 Å². The number of hydrogen-bond donors (Lipinski definition) is 2. The average molecular weight is 424 g/mol. The average Bonchev–Trinajstić information content (AvgIpc) is 2.96. The molecular formula is C18H21N3O5S2. The SMILES string of the molecule is O=C(NCCNS(=O)(=O)c1cccc([N+](=O)[O-])c1)c1cc2c(s1)CCCCC2. The lowest BCUT2D eigenvalue weighted by Gasteiger charge is -2.07. The Labute approximate surface area is 167 Å². The Bertz CT molecular complexity index is 961. The molecule has 1 aliphatic carbocycles. The van der Waals surface area contributed by atoms with Gasteiger partial charge in [-0.15, -0.1) is 11.3 Å². The zero-order valence-corrected chi connectivity index (χ0v) is 16.8. The number of carbonyl (C=O) groups is 1. The highest BCUT2D eigenvalue weighted by molar-refractivity contribution is 7.89. The maximum Gasteiger partial charge on any atom is 0.270 e. The highest BCUT2D eigenvalue weighted by Gasteiger charge is 2.18. The van der Waals surface area contributed by atoms with Crippen LogP contribution in [0.1, 0.15) is 39.4 Å². The van der Waals surface area contributed by atoms with Crippen LogP contribution in [0.4, 0.5) is 5.69 Å². The van der Waals surface area contributed by atoms with Crippen LogP contribution in [0.3, 0.4) is 0 Å². The molecule has 1 aromatic carbocycles. The van der Waals surface area contributed by atoms with Gasteiger partial charge in [0.1, 0.15) is 0 Å². The Balaban J connectivity index is 1.53. The molecule has 2 aromatic rings. The lowest BCUT2D eigenvalue weighted by molar-refractivity contribution is -0.385. The van der Waals surface area contributed by atoms with Crippen molar-refractivity contribution < 1.29 is 18.1 Å². The van der Waals surface area contributed by atoms with Crippen molar-refractivity contribution >= 4 is 33.0 Å². The third-order valence-electron chi connectivity index (χ3n) is 4.51. The van der Waals surface area contributed by atoms with Gasteiger partial charge in [0.15, 0.2) is 0 Å². The number of sulfonamides is 1. The fourth-order valence-corrected chi connectivity index (χ4v) is 5.32. The van der Waals surface area contributed by atoms with E-state index in [9.17, 15) is 23.3 Å². The van der Waals surface area contributed by atoms with Gasteiger partial charge in [-0.25, -0.2) is 13.1 Å². The van der Waals surface area contributed by atoms with E-state index < -0.39 is 14.9 Å². The minimum absolute atomic E-state index is 0.0120. The minimum Gasteiger partial charge on any atom is -0.350 e. The first kappa shape index (κ1) is 20.4. The highest BCUT2D eigenvalue weighted by atomic mass is 32.2. The molecule has 150 valence electrons. The molecule has 1 aromatic heterocycles. The number of carbonyl (C=O) groups excluding carboxylic acids is 1. The van der Waals surface area contributed by atoms with Crippen molar-refractivity contribution in [3.05, 3.63) is 55.8 Å². The van der Waals surface area contributed by atoms with Gasteiger partial charge in [-0.1, -0.05) is 12.5 Å². The molecule has 0 fully saturated rings. The number of thiophene rings is 1. The van der Waals surface area contributed by atoms with Crippen LogP contribution in [0.15, 0.2) is 35.2 Å². The van der Waals surface area contributed by atoms with Crippen molar-refractivity contribution in [2.45, 2.75) is 37.0 Å². The van der Waals surface area contributed by atoms with Crippen LogP contribution in [-0.4, -0.2) is 32.3 Å². The molecule has 0 unspecified atom stereocenters. The lowest BCUT2D eigenvalue weighted by Crippen LogP contribution is -2.34. The third-order valence-corrected chi connectivity index (χ3v) is 7.21. The molecule has 3 rings (SSSR count). The van der Waals surface area contributed by atoms with E-state index in [0.29, 0.717) is 4.88 Å². The first-order chi connectivity index (χ1) is 13.4. The van der Waals surface area contributed by atoms with E-state index in [0.717, 1.165) is 31.7 Å². The fourth-order valence-electron chi connectivity index (χ4n) is 3.08. The predicted octanol–water partition coefficient (Wildman–Crippen LogP) is 2.63. The normalized spacial score (nSPS) is 14.1. The number of nitro benzene ring substituents is 1. The number of nitro groups is 1. The monoisotopic (exact) mass is 423 g/mol. The number of nitrogens with zero attached hydrogens (tertiary/aromatic N) is 1. The minimum atomic E-state index is -3.89. The second-order valence-corrected chi connectivity index (χ2v) is 9.43. The topological polar surface area (TPSA) is 118 Å². The Morgan fingerprint density at radius 2 is 1.93 bits per heavy atom. The summed E-state index contributed by atoms with van der Waals surface area (Å²) < 4.78 is 26.8. The number of non-ortho nitro benzene ring substituents is 1. The van der Waals surface area contributed by atoms with Crippen molar-refractivity contribution in [2.24, 2.45) is 0 Å². The second kappa shape index (κ2) is 8.80. The van der Waals surface area contributed by atoms with Crippen molar-refractivity contribution in [1.82, 2.24) is 10.0 Å². The van der Waals surface area contributed by atoms with E-state index in [1.807, 2.05) is 6.07 Å². The van der Waals surface area contributed by atoms with Gasteiger partial charge in [0.2, 0.25) is 10.0 Å². The number of fused-ring (bicyclic) bond motifs is 1. The van der Waals surface area contributed by atoms with E-state index in [1.165, 1.54) is 46.4 Å². The van der Waals surface area contributed by atoms with Crippen molar-refractivity contribution in [1.29, 1.82) is 0 Å². The summed E-state index contributed by atoms with van der Waals surface area (Å²) in [6, 6.07) is 6.76. The van der Waals surface area contributed by atoms with Gasteiger partial charge in [0, 0.05) is 30.1 Å². The molecule has 0 atom stereocenters. The number of benzene rings is 1. The molecule has 1 amide bonds. The summed E-state index contributed by atoms with van der Waals surface area (Å²) in [7, 11) is -3.89. The summed E-state index contributed by atoms with van der Waals surface area (Å²) in [5.41, 5.74) is 0.952. The summed E-state index contributed by atoms with van der Waals surface area (Å²) in [5.74, 6) is -0.215. The van der Waals surface area contributed by atoms with Gasteiger partial charge < -0.3 is 5.32 Å². The molecular weight excluding hydrogens is 402 g/mol. The van der Waals surface area contributed by atoms with Crippen molar-refractivity contribution in [3.8, 4) is 0 Å². The molecule has 1 aliphatic rings. The Morgan fingerprint density at radius 3 is 2.71 bits per heavy atom. The van der Waals surface area contributed by atoms with E-state index in [2.05, 4.69) is 10.0 Å². The zero-order chi connectivity index (χ0) is 20.1. The molecule has 8 nitrogen and oxygen atoms in total. The Hall–Kier alpha value is -2.30. The predicted molar refractivity (Wildman–Crippen MR) is 106 cm³/mol. The van der Waals surface area contributed by atoms with Gasteiger partial charge in [-0.2, -0.15) is 0 Å². The molecule has 2 N–H and O–H groups in total. The van der Waals surface area contributed by atoms with Crippen molar-refractivity contribution in [2.75, 3.05) is 13.1 Å². The van der Waals surface area contributed by atoms with Crippen LogP contribution >= 0.6 is 11.3 Å². The van der Waals surface area contributed by atoms with Crippen LogP contribution in [0.5, 0.6) is 0 Å². The quantitative estimate of drug-likeness (QED) is 0.307. The largest absolute Gasteiger partial charge is 0.350 e. The van der Waals surface area contributed by atoms with Gasteiger partial charge >= 0.3 is 0 Å². The van der Waals surface area contributed by atoms with Gasteiger partial charge in [0.05, 0.1) is 14.7 Å². The molecule has 0 radical (unpaired) electrons. The van der Waals surface area contributed by atoms with Gasteiger partial charge in [0.25, 0.3) is 11.6 Å². The van der Waals surface area contributed by atoms with E-state index in [1.54, 1.807) is 0 Å². The van der Waals surface area contributed by atoms with E-state index >= 15 is 0 Å². The number of nitrogens with one attached hydrogen (secondary N) is 2. The zero-order valence-electron chi connectivity index (χ0n) is 15.1. The molecule has 28 heavy (non-hydrogen) atoms. The van der Waals surface area contributed by atoms with Crippen LogP contribution < -0.4 is 10.0 Å². The summed E-state index contributed by atoms with van der Waals surface area (Å²) in [6.07, 6.45) is 5.52. The number of rotatable bonds is 7. The van der Waals surface area contributed by atoms with Crippen LogP contribution in [0.25, 0.3) is 0 Å². The van der Waals surface area contributed by atoms with Gasteiger partial charge in [-0.05, 0) is 43.4 Å². The standard InChI is InChI=1S/C18H21N3O5S2/c22-18(17-11-13-5-2-1-3-8-16(13)27-17)19-9-10-20-28(25,26)15-7-4-6-14(12-15)21(23)24/h4,6-7,11-12,20H,1-3,5,8-10H2,(H,19,22). The van der Waals surface area contributed by atoms with Gasteiger partial charge in [-0.3, -0.25) is 14.9 Å². The van der Waals surface area contributed by atoms with Crippen LogP contribution in [-0.2, 0) is 22.9 Å². The molecule has 0 spiro atoms. The van der Waals surface area contributed by atoms with Crippen LogP contribution in [0, 0.1) is 10.1 Å². The maximum absolute atomic E-state index is 12.3. The highest BCUT2D eigenvalue weighted by Crippen LogP contribution is 2.28. The number of aryl methyl sites for hydroxylation is 2. The van der Waals surface area contributed by atoms with E-state index in [-0.39, 0.29) is 29.6 Å². The molecule has 0 saturated heterocycles. The summed E-state index contributed by atoms with van der Waals surface area (Å²) in [5, 5.41) is 13.5. The lowest BCUT2D eigenvalue weighted by atomic mass is 10.1. The molecule has 0 bridgehead atoms. The third kappa shape index (κ3) is 4.94. The number of hydrogen-bond acceptors (Lipinski definition) is 6. The smallest absolute Gasteiger partial charge is 0.270 e. The Kier molecular flexibility index (Phi) is 6.42. The molecule has 10 heteroatoms. The first-order valence-electron chi connectivity index (χ1n) is 9.01. The van der Waals surface area contributed by atoms with Crippen LogP contribution in [0.2, 0.25) is 0 Å². The van der Waals surface area contributed by atoms with E-state index in [4.69, 9.17) is 0 Å². The molecule has 0 saturated carbocycles. The maximum atomic E-state index is 12.3. The molecule has 1 heterocycles. The Morgan fingerprint density at radius 1 is 1.14 bits per heavy atom. The second-order valence-electron chi connectivity index (χ2n) is 6.53. The summed E-state index contributed by atoms with van der Waals surface area (Å²) >= 11 is 1.51. The fraction of sp³-hybridized carbons (Fsp3) is 0.389. The summed E-state index contributed by atoms with van der Waals surface area (Å²) in [6.45, 7) is 0.109.